The minimum absolute atomic E-state index is 0.0101. The van der Waals surface area contributed by atoms with E-state index in [0.717, 1.165) is 35.9 Å². The van der Waals surface area contributed by atoms with Crippen LogP contribution in [0.3, 0.4) is 0 Å². The summed E-state index contributed by atoms with van der Waals surface area (Å²) in [5.74, 6) is 0.0860. The van der Waals surface area contributed by atoms with Crippen LogP contribution >= 0.6 is 11.6 Å². The van der Waals surface area contributed by atoms with Gasteiger partial charge in [-0.15, -0.1) is 0 Å². The van der Waals surface area contributed by atoms with Gasteiger partial charge in [-0.25, -0.2) is 0 Å². The minimum atomic E-state index is -0.0101. The molecular formula is C21H22ClN3O2. The van der Waals surface area contributed by atoms with Crippen molar-refractivity contribution in [3.63, 3.8) is 0 Å². The van der Waals surface area contributed by atoms with Crippen LogP contribution in [0.25, 0.3) is 0 Å². The van der Waals surface area contributed by atoms with Gasteiger partial charge in [0.1, 0.15) is 0 Å². The minimum Gasteiger partial charge on any atom is -0.367 e. The maximum atomic E-state index is 13.1. The summed E-state index contributed by atoms with van der Waals surface area (Å²) in [6.45, 7) is 3.42. The molecule has 0 unspecified atom stereocenters. The molecule has 2 heterocycles. The van der Waals surface area contributed by atoms with Crippen molar-refractivity contribution in [2.75, 3.05) is 42.5 Å². The van der Waals surface area contributed by atoms with E-state index in [1.165, 1.54) is 0 Å². The fourth-order valence-electron chi connectivity index (χ4n) is 3.82. The second-order valence-electron chi connectivity index (χ2n) is 6.90. The first kappa shape index (κ1) is 17.9. The van der Waals surface area contributed by atoms with Crippen molar-refractivity contribution < 1.29 is 9.59 Å². The Morgan fingerprint density at radius 1 is 0.852 bits per heavy atom. The van der Waals surface area contributed by atoms with Crippen molar-refractivity contribution in [2.24, 2.45) is 0 Å². The van der Waals surface area contributed by atoms with Gasteiger partial charge in [-0.2, -0.15) is 0 Å². The largest absolute Gasteiger partial charge is 0.367 e. The predicted octanol–water partition coefficient (Wildman–Crippen LogP) is 3.43. The van der Waals surface area contributed by atoms with Crippen molar-refractivity contribution in [1.82, 2.24) is 4.90 Å². The number of carbonyl (C=O) groups excluding carboxylic acids is 2. The molecule has 4 rings (SSSR count). The van der Waals surface area contributed by atoms with Crippen molar-refractivity contribution in [1.29, 1.82) is 0 Å². The van der Waals surface area contributed by atoms with Crippen LogP contribution < -0.4 is 9.80 Å². The van der Waals surface area contributed by atoms with E-state index >= 15 is 0 Å². The Labute approximate surface area is 164 Å². The lowest BCUT2D eigenvalue weighted by molar-refractivity contribution is -0.117. The molecule has 0 spiro atoms. The van der Waals surface area contributed by atoms with Gasteiger partial charge < -0.3 is 14.7 Å². The van der Waals surface area contributed by atoms with E-state index in [-0.39, 0.29) is 11.8 Å². The zero-order valence-corrected chi connectivity index (χ0v) is 15.9. The topological polar surface area (TPSA) is 43.9 Å². The molecule has 2 aromatic rings. The van der Waals surface area contributed by atoms with Crippen LogP contribution in [0.4, 0.5) is 11.4 Å². The molecule has 2 aliphatic rings. The van der Waals surface area contributed by atoms with Crippen LogP contribution in [0.2, 0.25) is 5.02 Å². The van der Waals surface area contributed by atoms with Gasteiger partial charge in [0.15, 0.2) is 0 Å². The van der Waals surface area contributed by atoms with E-state index in [2.05, 4.69) is 4.90 Å². The Morgan fingerprint density at radius 2 is 1.52 bits per heavy atom. The second kappa shape index (κ2) is 7.61. The Balaban J connectivity index is 1.49. The van der Waals surface area contributed by atoms with Gasteiger partial charge in [0.25, 0.3) is 5.91 Å². The number of benzene rings is 2. The van der Waals surface area contributed by atoms with Crippen molar-refractivity contribution >= 4 is 34.8 Å². The van der Waals surface area contributed by atoms with Crippen LogP contribution in [0.5, 0.6) is 0 Å². The lowest BCUT2D eigenvalue weighted by Crippen LogP contribution is -2.49. The average Bonchev–Trinajstić information content (AvgIpc) is 3.14. The highest BCUT2D eigenvalue weighted by Gasteiger charge is 2.29. The molecule has 0 aromatic heterocycles. The number of carbonyl (C=O) groups is 2. The summed E-state index contributed by atoms with van der Waals surface area (Å²) in [5, 5.41) is 0.732. The number of hydrogen-bond donors (Lipinski definition) is 0. The normalized spacial score (nSPS) is 17.5. The molecule has 2 aromatic carbocycles. The number of halogens is 1. The van der Waals surface area contributed by atoms with Crippen LogP contribution in [0.1, 0.15) is 23.2 Å². The summed E-state index contributed by atoms with van der Waals surface area (Å²) in [4.78, 5) is 31.1. The number of para-hydroxylation sites is 2. The molecule has 27 heavy (non-hydrogen) atoms. The van der Waals surface area contributed by atoms with Crippen LogP contribution in [0, 0.1) is 0 Å². The highest BCUT2D eigenvalue weighted by Crippen LogP contribution is 2.29. The molecule has 2 saturated heterocycles. The molecule has 0 radical (unpaired) electrons. The molecule has 2 amide bonds. The summed E-state index contributed by atoms with van der Waals surface area (Å²) < 4.78 is 0. The quantitative estimate of drug-likeness (QED) is 0.815. The average molecular weight is 384 g/mol. The van der Waals surface area contributed by atoms with Crippen LogP contribution in [-0.4, -0.2) is 49.4 Å². The number of amides is 2. The van der Waals surface area contributed by atoms with Crippen molar-refractivity contribution in [2.45, 2.75) is 12.8 Å². The smallest absolute Gasteiger partial charge is 0.256 e. The molecule has 0 bridgehead atoms. The first-order valence-electron chi connectivity index (χ1n) is 9.33. The molecule has 5 nitrogen and oxygen atoms in total. The summed E-state index contributed by atoms with van der Waals surface area (Å²) in [6, 6.07) is 15.2. The van der Waals surface area contributed by atoms with Crippen molar-refractivity contribution in [3.8, 4) is 0 Å². The summed E-state index contributed by atoms with van der Waals surface area (Å²) >= 11 is 6.30. The number of hydrogen-bond acceptors (Lipinski definition) is 3. The summed E-state index contributed by atoms with van der Waals surface area (Å²) in [6.07, 6.45) is 1.40. The van der Waals surface area contributed by atoms with E-state index < -0.39 is 0 Å². The number of nitrogens with zero attached hydrogens (tertiary/aromatic N) is 3. The van der Waals surface area contributed by atoms with Crippen LogP contribution in [0.15, 0.2) is 48.5 Å². The van der Waals surface area contributed by atoms with Crippen molar-refractivity contribution in [3.05, 3.63) is 59.1 Å². The molecule has 0 saturated carbocycles. The standard InChI is InChI=1S/C21H22ClN3O2/c22-17-7-2-4-9-19(17)23-12-14-24(15-13-23)21(27)16-6-1-3-8-18(16)25-11-5-10-20(25)26/h1-4,6-9H,5,10-15H2. The Morgan fingerprint density at radius 3 is 2.19 bits per heavy atom. The summed E-state index contributed by atoms with van der Waals surface area (Å²) in [5.41, 5.74) is 2.35. The molecule has 6 heteroatoms. The van der Waals surface area contributed by atoms with Gasteiger partial charge in [0.05, 0.1) is 22.0 Å². The molecule has 2 fully saturated rings. The lowest BCUT2D eigenvalue weighted by atomic mass is 10.1. The molecule has 0 aliphatic carbocycles. The molecular weight excluding hydrogens is 362 g/mol. The monoisotopic (exact) mass is 383 g/mol. The molecule has 2 aliphatic heterocycles. The van der Waals surface area contributed by atoms with Gasteiger partial charge >= 0.3 is 0 Å². The maximum Gasteiger partial charge on any atom is 0.256 e. The fraction of sp³-hybridized carbons (Fsp3) is 0.333. The Bertz CT molecular complexity index is 862. The Hall–Kier alpha value is -2.53. The Kier molecular flexibility index (Phi) is 5.03. The van der Waals surface area contributed by atoms with Gasteiger partial charge in [0.2, 0.25) is 5.91 Å². The SMILES string of the molecule is O=C(c1ccccc1N1CCCC1=O)N1CCN(c2ccccc2Cl)CC1. The first-order valence-corrected chi connectivity index (χ1v) is 9.71. The fourth-order valence-corrected chi connectivity index (χ4v) is 4.08. The van der Waals surface area contributed by atoms with Gasteiger partial charge in [-0.1, -0.05) is 35.9 Å². The zero-order chi connectivity index (χ0) is 18.8. The molecule has 140 valence electrons. The third-order valence-corrected chi connectivity index (χ3v) is 5.58. The second-order valence-corrected chi connectivity index (χ2v) is 7.30. The first-order chi connectivity index (χ1) is 13.1. The van der Waals surface area contributed by atoms with E-state index in [4.69, 9.17) is 11.6 Å². The van der Waals surface area contributed by atoms with E-state index in [0.29, 0.717) is 31.6 Å². The number of rotatable bonds is 3. The third kappa shape index (κ3) is 3.52. The van der Waals surface area contributed by atoms with Gasteiger partial charge in [-0.05, 0) is 30.7 Å². The van der Waals surface area contributed by atoms with E-state index in [1.54, 1.807) is 4.90 Å². The van der Waals surface area contributed by atoms with Crippen LogP contribution in [-0.2, 0) is 4.79 Å². The number of piperazine rings is 1. The lowest BCUT2D eigenvalue weighted by Gasteiger charge is -2.37. The number of anilines is 2. The third-order valence-electron chi connectivity index (χ3n) is 5.26. The predicted molar refractivity (Wildman–Crippen MR) is 108 cm³/mol. The van der Waals surface area contributed by atoms with Gasteiger partial charge in [0, 0.05) is 39.1 Å². The highest BCUT2D eigenvalue weighted by atomic mass is 35.5. The summed E-state index contributed by atoms with van der Waals surface area (Å²) in [7, 11) is 0. The van der Waals surface area contributed by atoms with E-state index in [9.17, 15) is 9.59 Å². The maximum absolute atomic E-state index is 13.1. The highest BCUT2D eigenvalue weighted by molar-refractivity contribution is 6.33. The molecule has 0 atom stereocenters. The zero-order valence-electron chi connectivity index (χ0n) is 15.1. The molecule has 0 N–H and O–H groups in total. The van der Waals surface area contributed by atoms with Gasteiger partial charge in [-0.3, -0.25) is 9.59 Å². The van der Waals surface area contributed by atoms with E-state index in [1.807, 2.05) is 53.4 Å².